The van der Waals surface area contributed by atoms with Crippen molar-refractivity contribution < 1.29 is 4.79 Å². The first-order valence-electron chi connectivity index (χ1n) is 4.10. The van der Waals surface area contributed by atoms with Crippen LogP contribution in [0.25, 0.3) is 10.2 Å². The summed E-state index contributed by atoms with van der Waals surface area (Å²) in [5.41, 5.74) is 0.935. The molecule has 2 aromatic rings. The number of fused-ring (bicyclic) bond motifs is 1. The van der Waals surface area contributed by atoms with E-state index < -0.39 is 0 Å². The number of thiocarbonyl (C=S) groups is 1. The van der Waals surface area contributed by atoms with E-state index in [0.29, 0.717) is 0 Å². The Morgan fingerprint density at radius 2 is 2.20 bits per heavy atom. The van der Waals surface area contributed by atoms with Crippen molar-refractivity contribution in [2.24, 2.45) is 0 Å². The molecule has 75 valence electrons. The van der Waals surface area contributed by atoms with Gasteiger partial charge in [0.15, 0.2) is 10.1 Å². The van der Waals surface area contributed by atoms with Crippen LogP contribution in [0.15, 0.2) is 28.6 Å². The third-order valence-electron chi connectivity index (χ3n) is 1.68. The first-order valence-corrected chi connectivity index (χ1v) is 6.14. The molecule has 1 radical (unpaired) electrons. The number of carbonyl (C=O) groups excluding carboxylic acids is 1. The van der Waals surface area contributed by atoms with Gasteiger partial charge in [-0.05, 0) is 23.9 Å². The third-order valence-corrected chi connectivity index (χ3v) is 4.17. The molecule has 0 saturated carbocycles. The van der Waals surface area contributed by atoms with E-state index in [4.69, 9.17) is 12.2 Å². The summed E-state index contributed by atoms with van der Waals surface area (Å²) in [6.45, 7) is 3.26. The minimum absolute atomic E-state index is 0.258. The predicted octanol–water partition coefficient (Wildman–Crippen LogP) is 3.12. The van der Waals surface area contributed by atoms with Gasteiger partial charge in [-0.2, -0.15) is 0 Å². The molecular formula is C10H6NOS3. The van der Waals surface area contributed by atoms with Crippen molar-refractivity contribution in [1.82, 2.24) is 4.98 Å². The molecular weight excluding hydrogens is 246 g/mol. The summed E-state index contributed by atoms with van der Waals surface area (Å²) in [6.07, 6.45) is 0. The zero-order valence-electron chi connectivity index (χ0n) is 7.60. The molecule has 5 heteroatoms. The largest absolute Gasteiger partial charge is 0.293 e. The summed E-state index contributed by atoms with van der Waals surface area (Å²) in [7, 11) is 0. The van der Waals surface area contributed by atoms with Gasteiger partial charge in [-0.25, -0.2) is 4.98 Å². The molecule has 0 atom stereocenters. The van der Waals surface area contributed by atoms with Crippen molar-refractivity contribution in [2.75, 3.05) is 0 Å². The molecule has 0 fully saturated rings. The lowest BCUT2D eigenvalue weighted by Crippen LogP contribution is -2.00. The molecule has 2 nitrogen and oxygen atoms in total. The number of para-hydroxylation sites is 1. The quantitative estimate of drug-likeness (QED) is 0.607. The van der Waals surface area contributed by atoms with Crippen LogP contribution in [0.2, 0.25) is 0 Å². The highest BCUT2D eigenvalue weighted by atomic mass is 32.2. The zero-order chi connectivity index (χ0) is 10.8. The highest BCUT2D eigenvalue weighted by Gasteiger charge is 2.09. The number of hydrogen-bond acceptors (Lipinski definition) is 5. The fraction of sp³-hybridized carbons (Fsp3) is 0. The highest BCUT2D eigenvalue weighted by molar-refractivity contribution is 8.26. The molecule has 0 aliphatic rings. The molecule has 15 heavy (non-hydrogen) atoms. The Kier molecular flexibility index (Phi) is 3.14. The molecule has 0 spiro atoms. The normalized spacial score (nSPS) is 10.5. The van der Waals surface area contributed by atoms with Crippen LogP contribution in [0.4, 0.5) is 0 Å². The van der Waals surface area contributed by atoms with Gasteiger partial charge in [0.1, 0.15) is 4.20 Å². The van der Waals surface area contributed by atoms with Crippen molar-refractivity contribution in [3.63, 3.8) is 0 Å². The number of hydrogen-bond donors (Lipinski definition) is 0. The standard InChI is InChI=1S/C10H6NOS3/c1-6(12)9(13)15-10-11-7-4-2-3-5-8(7)14-10/h2-5H,1H2. The summed E-state index contributed by atoms with van der Waals surface area (Å²) in [5, 5.41) is 0. The lowest BCUT2D eigenvalue weighted by atomic mass is 10.3. The Hall–Kier alpha value is -0.780. The molecule has 0 saturated heterocycles. The maximum absolute atomic E-state index is 10.9. The number of benzene rings is 1. The van der Waals surface area contributed by atoms with Gasteiger partial charge in [0.2, 0.25) is 0 Å². The predicted molar refractivity (Wildman–Crippen MR) is 68.4 cm³/mol. The van der Waals surface area contributed by atoms with Crippen molar-refractivity contribution in [1.29, 1.82) is 0 Å². The molecule has 1 heterocycles. The average Bonchev–Trinajstić information content (AvgIpc) is 2.59. The molecule has 0 amide bonds. The lowest BCUT2D eigenvalue weighted by molar-refractivity contribution is -0.108. The van der Waals surface area contributed by atoms with Gasteiger partial charge in [-0.15, -0.1) is 11.3 Å². The van der Waals surface area contributed by atoms with Gasteiger partial charge >= 0.3 is 0 Å². The van der Waals surface area contributed by atoms with Gasteiger partial charge in [-0.1, -0.05) is 24.4 Å². The molecule has 2 rings (SSSR count). The lowest BCUT2D eigenvalue weighted by Gasteiger charge is -1.92. The van der Waals surface area contributed by atoms with Crippen LogP contribution in [-0.2, 0) is 4.79 Å². The number of ketones is 1. The van der Waals surface area contributed by atoms with Gasteiger partial charge in [0.25, 0.3) is 0 Å². The Morgan fingerprint density at radius 1 is 1.47 bits per heavy atom. The molecule has 0 bridgehead atoms. The Morgan fingerprint density at radius 3 is 2.87 bits per heavy atom. The molecule has 0 aliphatic heterocycles. The van der Waals surface area contributed by atoms with E-state index >= 15 is 0 Å². The number of thioether (sulfide) groups is 1. The summed E-state index contributed by atoms with van der Waals surface area (Å²) < 4.78 is 2.14. The summed E-state index contributed by atoms with van der Waals surface area (Å²) in [5.74, 6) is -0.325. The van der Waals surface area contributed by atoms with E-state index in [1.165, 1.54) is 23.1 Å². The van der Waals surface area contributed by atoms with Gasteiger partial charge in [0, 0.05) is 6.92 Å². The van der Waals surface area contributed by atoms with Crippen LogP contribution in [0, 0.1) is 6.92 Å². The maximum Gasteiger partial charge on any atom is 0.180 e. The molecule has 0 unspecified atom stereocenters. The molecule has 1 aromatic carbocycles. The number of thiazole rings is 1. The molecule has 0 N–H and O–H groups in total. The number of aromatic nitrogens is 1. The molecule has 0 aliphatic carbocycles. The van der Waals surface area contributed by atoms with E-state index in [9.17, 15) is 4.79 Å². The summed E-state index contributed by atoms with van der Waals surface area (Å²) in [6, 6.07) is 7.82. The molecule has 1 aromatic heterocycles. The highest BCUT2D eigenvalue weighted by Crippen LogP contribution is 2.30. The van der Waals surface area contributed by atoms with E-state index in [1.807, 2.05) is 24.3 Å². The van der Waals surface area contributed by atoms with Crippen LogP contribution < -0.4 is 0 Å². The van der Waals surface area contributed by atoms with Gasteiger partial charge < -0.3 is 0 Å². The van der Waals surface area contributed by atoms with Crippen molar-refractivity contribution in [2.45, 2.75) is 4.34 Å². The average molecular weight is 252 g/mol. The van der Waals surface area contributed by atoms with E-state index in [1.54, 1.807) is 0 Å². The number of nitrogens with zero attached hydrogens (tertiary/aromatic N) is 1. The van der Waals surface area contributed by atoms with Crippen LogP contribution in [0.1, 0.15) is 0 Å². The van der Waals surface area contributed by atoms with E-state index in [2.05, 4.69) is 11.9 Å². The van der Waals surface area contributed by atoms with Crippen LogP contribution in [-0.4, -0.2) is 15.0 Å². The Balaban J connectivity index is 2.30. The second-order valence-electron chi connectivity index (χ2n) is 2.76. The smallest absolute Gasteiger partial charge is 0.180 e. The maximum atomic E-state index is 10.9. The summed E-state index contributed by atoms with van der Waals surface area (Å²) in [4.78, 5) is 15.2. The number of Topliss-reactive ketones (excluding diaryl/α,β-unsaturated/α-hetero) is 1. The van der Waals surface area contributed by atoms with Crippen molar-refractivity contribution in [3.8, 4) is 0 Å². The third kappa shape index (κ3) is 2.42. The van der Waals surface area contributed by atoms with Crippen LogP contribution in [0.5, 0.6) is 0 Å². The SMILES string of the molecule is [CH2]C(=O)C(=S)Sc1nc2ccccc2s1. The van der Waals surface area contributed by atoms with Crippen LogP contribution in [0.3, 0.4) is 0 Å². The Labute approximate surface area is 101 Å². The van der Waals surface area contributed by atoms with E-state index in [0.717, 1.165) is 14.6 Å². The zero-order valence-corrected chi connectivity index (χ0v) is 10.0. The number of rotatable bonds is 2. The second kappa shape index (κ2) is 4.38. The number of carbonyl (C=O) groups is 1. The van der Waals surface area contributed by atoms with E-state index in [-0.39, 0.29) is 9.98 Å². The van der Waals surface area contributed by atoms with Crippen LogP contribution >= 0.6 is 35.3 Å². The fourth-order valence-corrected chi connectivity index (χ4v) is 3.23. The topological polar surface area (TPSA) is 30.0 Å². The first kappa shape index (κ1) is 10.7. The minimum Gasteiger partial charge on any atom is -0.293 e. The Bertz CT molecular complexity index is 499. The van der Waals surface area contributed by atoms with Gasteiger partial charge in [-0.3, -0.25) is 4.79 Å². The van der Waals surface area contributed by atoms with Crippen molar-refractivity contribution >= 4 is 55.5 Å². The first-order chi connectivity index (χ1) is 7.16. The van der Waals surface area contributed by atoms with Crippen molar-refractivity contribution in [3.05, 3.63) is 31.2 Å². The second-order valence-corrected chi connectivity index (χ2v) is 5.71. The monoisotopic (exact) mass is 252 g/mol. The fourth-order valence-electron chi connectivity index (χ4n) is 1.03. The minimum atomic E-state index is -0.325. The summed E-state index contributed by atoms with van der Waals surface area (Å²) >= 11 is 7.61. The van der Waals surface area contributed by atoms with Gasteiger partial charge in [0.05, 0.1) is 10.2 Å².